The normalized spacial score (nSPS) is 9.31. The van der Waals surface area contributed by atoms with E-state index in [0.717, 1.165) is 5.69 Å². The third-order valence-corrected chi connectivity index (χ3v) is 2.05. The molecule has 0 saturated carbocycles. The highest BCUT2D eigenvalue weighted by molar-refractivity contribution is 5.54. The van der Waals surface area contributed by atoms with Crippen molar-refractivity contribution in [2.24, 2.45) is 0 Å². The van der Waals surface area contributed by atoms with Crippen LogP contribution in [0.25, 0.3) is 0 Å². The van der Waals surface area contributed by atoms with Gasteiger partial charge in [-0.25, -0.2) is 15.0 Å². The van der Waals surface area contributed by atoms with Gasteiger partial charge in [0.1, 0.15) is 17.8 Å². The van der Waals surface area contributed by atoms with Gasteiger partial charge in [-0.15, -0.1) is 0 Å². The maximum atomic E-state index is 5.71. The van der Waals surface area contributed by atoms with Crippen LogP contribution in [0.3, 0.4) is 0 Å². The first kappa shape index (κ1) is 10.1. The molecule has 0 amide bonds. The van der Waals surface area contributed by atoms with Crippen LogP contribution in [0.5, 0.6) is 0 Å². The van der Waals surface area contributed by atoms with Crippen LogP contribution in [0, 0.1) is 18.8 Å². The van der Waals surface area contributed by atoms with Crippen molar-refractivity contribution in [3.05, 3.63) is 47.7 Å². The second kappa shape index (κ2) is 4.41. The highest BCUT2D eigenvalue weighted by Gasteiger charge is 2.00. The summed E-state index contributed by atoms with van der Waals surface area (Å²) in [5.41, 5.74) is 7.85. The highest BCUT2D eigenvalue weighted by atomic mass is 14.9. The van der Waals surface area contributed by atoms with Gasteiger partial charge in [0.15, 0.2) is 0 Å². The number of nitrogens with zero attached hydrogens (tertiary/aromatic N) is 3. The number of nitrogens with two attached hydrogens (primary N) is 1. The predicted molar refractivity (Wildman–Crippen MR) is 61.4 cm³/mol. The van der Waals surface area contributed by atoms with Gasteiger partial charge in [0.2, 0.25) is 0 Å². The van der Waals surface area contributed by atoms with Crippen molar-refractivity contribution in [2.45, 2.75) is 6.92 Å². The number of pyridine rings is 1. The van der Waals surface area contributed by atoms with Crippen LogP contribution >= 0.6 is 0 Å². The molecule has 0 spiro atoms. The molecule has 0 saturated heterocycles. The van der Waals surface area contributed by atoms with Crippen molar-refractivity contribution in [1.29, 1.82) is 0 Å². The minimum Gasteiger partial charge on any atom is -0.383 e. The van der Waals surface area contributed by atoms with Crippen LogP contribution in [0.4, 0.5) is 5.82 Å². The summed E-state index contributed by atoms with van der Waals surface area (Å²) in [6.45, 7) is 1.85. The smallest absolute Gasteiger partial charge is 0.142 e. The lowest BCUT2D eigenvalue weighted by molar-refractivity contribution is 1.10. The first-order chi connectivity index (χ1) is 7.77. The van der Waals surface area contributed by atoms with Crippen molar-refractivity contribution in [2.75, 3.05) is 5.73 Å². The van der Waals surface area contributed by atoms with E-state index in [4.69, 9.17) is 5.73 Å². The number of aromatic nitrogens is 3. The van der Waals surface area contributed by atoms with Crippen molar-refractivity contribution < 1.29 is 0 Å². The summed E-state index contributed by atoms with van der Waals surface area (Å²) >= 11 is 0. The molecule has 0 aliphatic heterocycles. The van der Waals surface area contributed by atoms with E-state index in [-0.39, 0.29) is 0 Å². The molecule has 0 aromatic carbocycles. The second-order valence-corrected chi connectivity index (χ2v) is 3.18. The Labute approximate surface area is 93.6 Å². The third kappa shape index (κ3) is 2.15. The number of rotatable bonds is 0. The van der Waals surface area contributed by atoms with Crippen LogP contribution in [-0.2, 0) is 0 Å². The number of aryl methyl sites for hydroxylation is 1. The summed E-state index contributed by atoms with van der Waals surface area (Å²) in [5, 5.41) is 0. The summed E-state index contributed by atoms with van der Waals surface area (Å²) < 4.78 is 0. The summed E-state index contributed by atoms with van der Waals surface area (Å²) in [6.07, 6.45) is 3.12. The van der Waals surface area contributed by atoms with E-state index in [1.54, 1.807) is 6.20 Å². The molecule has 2 heterocycles. The van der Waals surface area contributed by atoms with E-state index in [1.807, 2.05) is 25.1 Å². The topological polar surface area (TPSA) is 64.7 Å². The van der Waals surface area contributed by atoms with Crippen molar-refractivity contribution >= 4 is 5.82 Å². The second-order valence-electron chi connectivity index (χ2n) is 3.18. The van der Waals surface area contributed by atoms with Gasteiger partial charge in [0, 0.05) is 6.20 Å². The van der Waals surface area contributed by atoms with Crippen LogP contribution in [0.1, 0.15) is 17.0 Å². The van der Waals surface area contributed by atoms with Crippen LogP contribution < -0.4 is 5.73 Å². The SMILES string of the molecule is Cc1ncnc(N)c1C#Cc1ccccn1. The Morgan fingerprint density at radius 3 is 2.69 bits per heavy atom. The van der Waals surface area contributed by atoms with E-state index in [0.29, 0.717) is 17.1 Å². The number of anilines is 1. The number of nitrogen functional groups attached to an aromatic ring is 1. The van der Waals surface area contributed by atoms with Gasteiger partial charge in [-0.3, -0.25) is 0 Å². The Morgan fingerprint density at radius 1 is 1.12 bits per heavy atom. The van der Waals surface area contributed by atoms with Crippen molar-refractivity contribution in [3.8, 4) is 11.8 Å². The molecule has 78 valence electrons. The number of hydrogen-bond acceptors (Lipinski definition) is 4. The first-order valence-electron chi connectivity index (χ1n) is 4.77. The van der Waals surface area contributed by atoms with Gasteiger partial charge >= 0.3 is 0 Å². The molecule has 0 fully saturated rings. The lowest BCUT2D eigenvalue weighted by Crippen LogP contribution is -1.98. The maximum Gasteiger partial charge on any atom is 0.142 e. The van der Waals surface area contributed by atoms with E-state index in [1.165, 1.54) is 6.33 Å². The zero-order valence-electron chi connectivity index (χ0n) is 8.81. The molecule has 2 aromatic heterocycles. The van der Waals surface area contributed by atoms with Crippen LogP contribution in [-0.4, -0.2) is 15.0 Å². The van der Waals surface area contributed by atoms with Crippen LogP contribution in [0.2, 0.25) is 0 Å². The molecule has 16 heavy (non-hydrogen) atoms. The molecular formula is C12H10N4. The van der Waals surface area contributed by atoms with E-state index in [9.17, 15) is 0 Å². The molecule has 2 N–H and O–H groups in total. The molecule has 0 bridgehead atoms. The molecular weight excluding hydrogens is 200 g/mol. The molecule has 4 heteroatoms. The standard InChI is InChI=1S/C12H10N4/c1-9-11(12(13)16-8-15-9)6-5-10-4-2-3-7-14-10/h2-4,7-8H,1H3,(H2,13,15,16). The van der Waals surface area contributed by atoms with Gasteiger partial charge in [0.05, 0.1) is 11.3 Å². The minimum absolute atomic E-state index is 0.399. The summed E-state index contributed by atoms with van der Waals surface area (Å²) in [6, 6.07) is 5.56. The molecule has 0 unspecified atom stereocenters. The minimum atomic E-state index is 0.399. The fourth-order valence-corrected chi connectivity index (χ4v) is 1.21. The van der Waals surface area contributed by atoms with E-state index >= 15 is 0 Å². The molecule has 0 atom stereocenters. The first-order valence-corrected chi connectivity index (χ1v) is 4.77. The summed E-state index contributed by atoms with van der Waals surface area (Å²) in [4.78, 5) is 12.0. The lowest BCUT2D eigenvalue weighted by atomic mass is 10.2. The van der Waals surface area contributed by atoms with Gasteiger partial charge in [-0.1, -0.05) is 12.0 Å². The van der Waals surface area contributed by atoms with E-state index < -0.39 is 0 Å². The Balaban J connectivity index is 2.39. The van der Waals surface area contributed by atoms with Gasteiger partial charge in [-0.05, 0) is 25.0 Å². The number of hydrogen-bond donors (Lipinski definition) is 1. The van der Waals surface area contributed by atoms with Gasteiger partial charge in [-0.2, -0.15) is 0 Å². The molecule has 0 radical (unpaired) electrons. The van der Waals surface area contributed by atoms with Gasteiger partial charge in [0.25, 0.3) is 0 Å². The zero-order valence-corrected chi connectivity index (χ0v) is 8.81. The largest absolute Gasteiger partial charge is 0.383 e. The molecule has 2 aromatic rings. The quantitative estimate of drug-likeness (QED) is 0.663. The predicted octanol–water partition coefficient (Wildman–Crippen LogP) is 1.16. The molecule has 4 nitrogen and oxygen atoms in total. The zero-order chi connectivity index (χ0) is 11.4. The molecule has 0 aliphatic carbocycles. The fourth-order valence-electron chi connectivity index (χ4n) is 1.21. The molecule has 2 rings (SSSR count). The summed E-state index contributed by atoms with van der Waals surface area (Å²) in [5.74, 6) is 6.26. The monoisotopic (exact) mass is 210 g/mol. The average molecular weight is 210 g/mol. The lowest BCUT2D eigenvalue weighted by Gasteiger charge is -1.98. The Kier molecular flexibility index (Phi) is 2.79. The van der Waals surface area contributed by atoms with Gasteiger partial charge < -0.3 is 5.73 Å². The third-order valence-electron chi connectivity index (χ3n) is 2.05. The Hall–Kier alpha value is -2.41. The van der Waals surface area contributed by atoms with Crippen LogP contribution in [0.15, 0.2) is 30.7 Å². The highest BCUT2D eigenvalue weighted by Crippen LogP contribution is 2.08. The molecule has 0 aliphatic rings. The van der Waals surface area contributed by atoms with Crippen molar-refractivity contribution in [1.82, 2.24) is 15.0 Å². The Morgan fingerprint density at radius 2 is 2.00 bits per heavy atom. The van der Waals surface area contributed by atoms with Crippen molar-refractivity contribution in [3.63, 3.8) is 0 Å². The summed E-state index contributed by atoms with van der Waals surface area (Å²) in [7, 11) is 0. The Bertz CT molecular complexity index is 532. The maximum absolute atomic E-state index is 5.71. The fraction of sp³-hybridized carbons (Fsp3) is 0.0833. The average Bonchev–Trinajstić information content (AvgIpc) is 2.30. The van der Waals surface area contributed by atoms with E-state index in [2.05, 4.69) is 26.8 Å².